The van der Waals surface area contributed by atoms with Crippen LogP contribution in [0, 0.1) is 12.8 Å². The highest BCUT2D eigenvalue weighted by atomic mass is 35.5. The molecule has 3 nitrogen and oxygen atoms in total. The molecule has 13 heavy (non-hydrogen) atoms. The van der Waals surface area contributed by atoms with Crippen LogP contribution in [-0.4, -0.2) is 16.3 Å². The summed E-state index contributed by atoms with van der Waals surface area (Å²) in [5, 5.41) is 8.47. The number of nitrogens with zero attached hydrogens (tertiary/aromatic N) is 2. The molecule has 1 aliphatic heterocycles. The highest BCUT2D eigenvalue weighted by molar-refractivity contribution is 6.33. The monoisotopic (exact) mass is 199 g/mol. The molecule has 72 valence electrons. The number of hydrogen-bond donors (Lipinski definition) is 1. The van der Waals surface area contributed by atoms with Gasteiger partial charge in [-0.3, -0.25) is 0 Å². The van der Waals surface area contributed by atoms with Crippen molar-refractivity contribution >= 4 is 17.4 Å². The second kappa shape index (κ2) is 3.22. The van der Waals surface area contributed by atoms with E-state index in [9.17, 15) is 0 Å². The molecule has 0 bridgehead atoms. The number of rotatable bonds is 1. The van der Waals surface area contributed by atoms with Crippen LogP contribution in [0.5, 0.6) is 0 Å². The van der Waals surface area contributed by atoms with Gasteiger partial charge in [0.25, 0.3) is 0 Å². The third-order valence-electron chi connectivity index (χ3n) is 2.62. The number of anilines is 1. The van der Waals surface area contributed by atoms with Gasteiger partial charge in [-0.05, 0) is 19.3 Å². The molecule has 1 aromatic rings. The van der Waals surface area contributed by atoms with Crippen LogP contribution in [0.25, 0.3) is 0 Å². The van der Waals surface area contributed by atoms with E-state index in [0.29, 0.717) is 5.92 Å². The first-order valence-electron chi connectivity index (χ1n) is 4.69. The normalized spacial score (nSPS) is 21.0. The van der Waals surface area contributed by atoms with Crippen molar-refractivity contribution in [2.45, 2.75) is 26.8 Å². The average molecular weight is 200 g/mol. The number of aryl methyl sites for hydroxylation is 1. The largest absolute Gasteiger partial charge is 0.369 e. The number of halogens is 1. The number of nitrogens with one attached hydrogen (secondary N) is 1. The van der Waals surface area contributed by atoms with Gasteiger partial charge in [-0.25, -0.2) is 4.68 Å². The van der Waals surface area contributed by atoms with Crippen molar-refractivity contribution in [2.75, 3.05) is 11.9 Å². The standard InChI is InChI=1S/C9H14ClN3/c1-3-7-4-11-9-8(10)6(2)12-13(9)5-7/h7,11H,3-5H2,1-2H3. The van der Waals surface area contributed by atoms with Gasteiger partial charge in [-0.1, -0.05) is 18.5 Å². The Labute approximate surface area is 83.1 Å². The molecule has 4 heteroatoms. The van der Waals surface area contributed by atoms with E-state index < -0.39 is 0 Å². The van der Waals surface area contributed by atoms with E-state index in [-0.39, 0.29) is 0 Å². The molecule has 1 unspecified atom stereocenters. The number of hydrogen-bond acceptors (Lipinski definition) is 2. The van der Waals surface area contributed by atoms with Gasteiger partial charge in [0.05, 0.1) is 5.69 Å². The Morgan fingerprint density at radius 1 is 1.69 bits per heavy atom. The summed E-state index contributed by atoms with van der Waals surface area (Å²) in [6, 6.07) is 0. The van der Waals surface area contributed by atoms with Crippen LogP contribution in [0.15, 0.2) is 0 Å². The van der Waals surface area contributed by atoms with E-state index in [4.69, 9.17) is 11.6 Å². The summed E-state index contributed by atoms with van der Waals surface area (Å²) >= 11 is 6.07. The Hall–Kier alpha value is -0.700. The van der Waals surface area contributed by atoms with Gasteiger partial charge in [0.15, 0.2) is 0 Å². The molecule has 0 saturated heterocycles. The first-order chi connectivity index (χ1) is 6.22. The lowest BCUT2D eigenvalue weighted by molar-refractivity contribution is 0.403. The van der Waals surface area contributed by atoms with Crippen molar-refractivity contribution in [1.82, 2.24) is 9.78 Å². The molecule has 1 aliphatic rings. The minimum Gasteiger partial charge on any atom is -0.369 e. The van der Waals surface area contributed by atoms with Crippen LogP contribution in [-0.2, 0) is 6.54 Å². The molecule has 0 fully saturated rings. The van der Waals surface area contributed by atoms with Gasteiger partial charge >= 0.3 is 0 Å². The van der Waals surface area contributed by atoms with E-state index in [0.717, 1.165) is 29.6 Å². The zero-order valence-electron chi connectivity index (χ0n) is 7.97. The quantitative estimate of drug-likeness (QED) is 0.752. The van der Waals surface area contributed by atoms with Crippen LogP contribution in [0.3, 0.4) is 0 Å². The van der Waals surface area contributed by atoms with Crippen molar-refractivity contribution < 1.29 is 0 Å². The molecule has 1 atom stereocenters. The molecule has 0 spiro atoms. The predicted octanol–water partition coefficient (Wildman–Crippen LogP) is 2.30. The van der Waals surface area contributed by atoms with E-state index >= 15 is 0 Å². The summed E-state index contributed by atoms with van der Waals surface area (Å²) in [6.07, 6.45) is 1.18. The smallest absolute Gasteiger partial charge is 0.143 e. The van der Waals surface area contributed by atoms with Crippen molar-refractivity contribution in [2.24, 2.45) is 5.92 Å². The molecule has 0 aliphatic carbocycles. The Bertz CT molecular complexity index is 319. The van der Waals surface area contributed by atoms with Crippen LogP contribution < -0.4 is 5.32 Å². The SMILES string of the molecule is CCC1CNc2c(Cl)c(C)nn2C1. The lowest BCUT2D eigenvalue weighted by Crippen LogP contribution is -2.27. The third kappa shape index (κ3) is 1.41. The second-order valence-corrected chi connectivity index (χ2v) is 3.96. The third-order valence-corrected chi connectivity index (χ3v) is 3.07. The van der Waals surface area contributed by atoms with E-state index in [1.165, 1.54) is 6.42 Å². The van der Waals surface area contributed by atoms with Crippen molar-refractivity contribution in [1.29, 1.82) is 0 Å². The van der Waals surface area contributed by atoms with Gasteiger partial charge in [0, 0.05) is 13.1 Å². The molecular formula is C9H14ClN3. The maximum atomic E-state index is 6.07. The van der Waals surface area contributed by atoms with E-state index in [1.54, 1.807) is 0 Å². The summed E-state index contributed by atoms with van der Waals surface area (Å²) in [7, 11) is 0. The lowest BCUT2D eigenvalue weighted by atomic mass is 10.1. The second-order valence-electron chi connectivity index (χ2n) is 3.59. The van der Waals surface area contributed by atoms with Gasteiger partial charge in [0.1, 0.15) is 10.8 Å². The molecule has 0 saturated carbocycles. The van der Waals surface area contributed by atoms with Gasteiger partial charge in [0.2, 0.25) is 0 Å². The highest BCUT2D eigenvalue weighted by Crippen LogP contribution is 2.29. The highest BCUT2D eigenvalue weighted by Gasteiger charge is 2.21. The van der Waals surface area contributed by atoms with E-state index in [1.807, 2.05) is 11.6 Å². The van der Waals surface area contributed by atoms with Gasteiger partial charge in [-0.2, -0.15) is 5.10 Å². The summed E-state index contributed by atoms with van der Waals surface area (Å²) < 4.78 is 1.98. The fourth-order valence-electron chi connectivity index (χ4n) is 1.68. The Morgan fingerprint density at radius 3 is 3.15 bits per heavy atom. The van der Waals surface area contributed by atoms with Crippen LogP contribution >= 0.6 is 11.6 Å². The summed E-state index contributed by atoms with van der Waals surface area (Å²) in [5.74, 6) is 1.67. The molecule has 0 amide bonds. The molecule has 1 aromatic heterocycles. The summed E-state index contributed by atoms with van der Waals surface area (Å²) in [5.41, 5.74) is 0.918. The van der Waals surface area contributed by atoms with Crippen molar-refractivity contribution in [3.05, 3.63) is 10.7 Å². The average Bonchev–Trinajstić information content (AvgIpc) is 2.42. The van der Waals surface area contributed by atoms with Crippen molar-refractivity contribution in [3.8, 4) is 0 Å². The molecule has 2 heterocycles. The summed E-state index contributed by atoms with van der Waals surface area (Å²) in [6.45, 7) is 6.15. The van der Waals surface area contributed by atoms with Gasteiger partial charge < -0.3 is 5.32 Å². The number of aromatic nitrogens is 2. The minimum absolute atomic E-state index is 0.683. The first-order valence-corrected chi connectivity index (χ1v) is 5.07. The van der Waals surface area contributed by atoms with Crippen LogP contribution in [0.1, 0.15) is 19.0 Å². The Morgan fingerprint density at radius 2 is 2.46 bits per heavy atom. The fraction of sp³-hybridized carbons (Fsp3) is 0.667. The number of fused-ring (bicyclic) bond motifs is 1. The van der Waals surface area contributed by atoms with Crippen LogP contribution in [0.2, 0.25) is 5.02 Å². The summed E-state index contributed by atoms with van der Waals surface area (Å²) in [4.78, 5) is 0. The van der Waals surface area contributed by atoms with Crippen molar-refractivity contribution in [3.63, 3.8) is 0 Å². The zero-order chi connectivity index (χ0) is 9.42. The lowest BCUT2D eigenvalue weighted by Gasteiger charge is -2.23. The Kier molecular flexibility index (Phi) is 2.20. The zero-order valence-corrected chi connectivity index (χ0v) is 8.73. The van der Waals surface area contributed by atoms with Crippen LogP contribution in [0.4, 0.5) is 5.82 Å². The van der Waals surface area contributed by atoms with Gasteiger partial charge in [-0.15, -0.1) is 0 Å². The molecular weight excluding hydrogens is 186 g/mol. The Balaban J connectivity index is 2.31. The molecule has 0 aromatic carbocycles. The maximum absolute atomic E-state index is 6.07. The maximum Gasteiger partial charge on any atom is 0.143 e. The predicted molar refractivity (Wildman–Crippen MR) is 54.2 cm³/mol. The first kappa shape index (κ1) is 8.88. The molecule has 2 rings (SSSR count). The molecule has 0 radical (unpaired) electrons. The fourth-order valence-corrected chi connectivity index (χ4v) is 1.89. The van der Waals surface area contributed by atoms with E-state index in [2.05, 4.69) is 17.3 Å². The molecule has 1 N–H and O–H groups in total. The minimum atomic E-state index is 0.683. The topological polar surface area (TPSA) is 29.9 Å².